The molecular weight excluding hydrogens is 232 g/mol. The molecule has 0 fully saturated rings. The van der Waals surface area contributed by atoms with Crippen LogP contribution in [0.15, 0.2) is 17.0 Å². The van der Waals surface area contributed by atoms with Crippen LogP contribution in [0.25, 0.3) is 0 Å². The van der Waals surface area contributed by atoms with Crippen LogP contribution in [-0.4, -0.2) is 35.2 Å². The number of sulfone groups is 1. The average molecular weight is 244 g/mol. The molecule has 0 radical (unpaired) electrons. The number of carbonyl (C=O) groups excluding carboxylic acids is 1. The molecular formula is C10H12O5S. The summed E-state index contributed by atoms with van der Waals surface area (Å²) in [6.07, 6.45) is 1.64. The lowest BCUT2D eigenvalue weighted by atomic mass is 10.2. The van der Waals surface area contributed by atoms with Gasteiger partial charge in [-0.1, -0.05) is 0 Å². The van der Waals surface area contributed by atoms with Gasteiger partial charge in [-0.2, -0.15) is 0 Å². The number of ether oxygens (including phenoxy) is 2. The third kappa shape index (κ3) is 2.33. The number of hydrogen-bond acceptors (Lipinski definition) is 5. The molecule has 1 aromatic carbocycles. The molecule has 0 bridgehead atoms. The maximum absolute atomic E-state index is 11.5. The maximum Gasteiger partial charge on any atom is 0.179 e. The predicted molar refractivity (Wildman–Crippen MR) is 58.0 cm³/mol. The lowest BCUT2D eigenvalue weighted by Gasteiger charge is -2.10. The molecule has 0 N–H and O–H groups in total. The summed E-state index contributed by atoms with van der Waals surface area (Å²) in [5.41, 5.74) is 0.242. The van der Waals surface area contributed by atoms with Gasteiger partial charge in [0.15, 0.2) is 16.1 Å². The lowest BCUT2D eigenvalue weighted by Crippen LogP contribution is -2.03. The molecule has 16 heavy (non-hydrogen) atoms. The number of benzene rings is 1. The van der Waals surface area contributed by atoms with E-state index in [1.807, 2.05) is 0 Å². The summed E-state index contributed by atoms with van der Waals surface area (Å²) >= 11 is 0. The van der Waals surface area contributed by atoms with E-state index in [4.69, 9.17) is 9.47 Å². The van der Waals surface area contributed by atoms with Crippen molar-refractivity contribution in [2.45, 2.75) is 4.90 Å². The molecule has 0 saturated heterocycles. The van der Waals surface area contributed by atoms with Gasteiger partial charge in [-0.05, 0) is 6.07 Å². The number of rotatable bonds is 4. The summed E-state index contributed by atoms with van der Waals surface area (Å²) in [5, 5.41) is 0. The molecule has 1 rings (SSSR count). The summed E-state index contributed by atoms with van der Waals surface area (Å²) in [7, 11) is -0.724. The van der Waals surface area contributed by atoms with Crippen LogP contribution in [0.2, 0.25) is 0 Å². The maximum atomic E-state index is 11.5. The average Bonchev–Trinajstić information content (AvgIpc) is 2.25. The SMILES string of the molecule is COc1cc(S(C)(=O)=O)c(OC)cc1C=O. The first kappa shape index (κ1) is 12.5. The highest BCUT2D eigenvalue weighted by Gasteiger charge is 2.18. The normalized spacial score (nSPS) is 10.9. The minimum absolute atomic E-state index is 0.00236. The molecule has 0 atom stereocenters. The van der Waals surface area contributed by atoms with Crippen molar-refractivity contribution >= 4 is 16.1 Å². The van der Waals surface area contributed by atoms with E-state index in [9.17, 15) is 13.2 Å². The van der Waals surface area contributed by atoms with Gasteiger partial charge in [0.1, 0.15) is 16.4 Å². The summed E-state index contributed by atoms with van der Waals surface area (Å²) in [6.45, 7) is 0. The second kappa shape index (κ2) is 4.52. The molecule has 1 aromatic rings. The molecule has 0 unspecified atom stereocenters. The quantitative estimate of drug-likeness (QED) is 0.736. The summed E-state index contributed by atoms with van der Waals surface area (Å²) < 4.78 is 32.8. The van der Waals surface area contributed by atoms with Gasteiger partial charge < -0.3 is 9.47 Å². The fourth-order valence-corrected chi connectivity index (χ4v) is 2.10. The highest BCUT2D eigenvalue weighted by atomic mass is 32.2. The number of methoxy groups -OCH3 is 2. The van der Waals surface area contributed by atoms with Crippen LogP contribution in [0.4, 0.5) is 0 Å². The van der Waals surface area contributed by atoms with Gasteiger partial charge in [0.2, 0.25) is 0 Å². The van der Waals surface area contributed by atoms with E-state index < -0.39 is 9.84 Å². The molecule has 88 valence electrons. The number of carbonyl (C=O) groups is 1. The predicted octanol–water partition coefficient (Wildman–Crippen LogP) is 0.920. The van der Waals surface area contributed by atoms with E-state index in [1.165, 1.54) is 26.4 Å². The van der Waals surface area contributed by atoms with Gasteiger partial charge >= 0.3 is 0 Å². The molecule has 0 aliphatic rings. The van der Waals surface area contributed by atoms with E-state index in [0.717, 1.165) is 6.26 Å². The van der Waals surface area contributed by atoms with Crippen LogP contribution in [0.5, 0.6) is 11.5 Å². The molecule has 0 aromatic heterocycles. The van der Waals surface area contributed by atoms with Gasteiger partial charge in [-0.25, -0.2) is 8.42 Å². The highest BCUT2D eigenvalue weighted by molar-refractivity contribution is 7.90. The summed E-state index contributed by atoms with van der Waals surface area (Å²) in [6, 6.07) is 2.61. The van der Waals surface area contributed by atoms with Crippen LogP contribution in [0.1, 0.15) is 10.4 Å². The highest BCUT2D eigenvalue weighted by Crippen LogP contribution is 2.31. The molecule has 0 aliphatic carbocycles. The van der Waals surface area contributed by atoms with E-state index >= 15 is 0 Å². The van der Waals surface area contributed by atoms with Crippen LogP contribution in [0, 0.1) is 0 Å². The Morgan fingerprint density at radius 3 is 2.06 bits per heavy atom. The van der Waals surface area contributed by atoms with Crippen molar-refractivity contribution in [3.05, 3.63) is 17.7 Å². The van der Waals surface area contributed by atoms with Crippen molar-refractivity contribution in [1.29, 1.82) is 0 Å². The van der Waals surface area contributed by atoms with Gasteiger partial charge in [-0.3, -0.25) is 4.79 Å². The fraction of sp³-hybridized carbons (Fsp3) is 0.300. The molecule has 0 spiro atoms. The summed E-state index contributed by atoms with van der Waals surface area (Å²) in [4.78, 5) is 10.7. The van der Waals surface area contributed by atoms with Crippen molar-refractivity contribution in [3.8, 4) is 11.5 Å². The first-order chi connectivity index (χ1) is 7.43. The largest absolute Gasteiger partial charge is 0.496 e. The Kier molecular flexibility index (Phi) is 3.54. The van der Waals surface area contributed by atoms with Gasteiger partial charge in [0.05, 0.1) is 19.8 Å². The van der Waals surface area contributed by atoms with Crippen LogP contribution in [-0.2, 0) is 9.84 Å². The van der Waals surface area contributed by atoms with E-state index in [0.29, 0.717) is 6.29 Å². The van der Waals surface area contributed by atoms with Gasteiger partial charge in [-0.15, -0.1) is 0 Å². The topological polar surface area (TPSA) is 69.7 Å². The van der Waals surface area contributed by atoms with E-state index in [1.54, 1.807) is 0 Å². The zero-order valence-electron chi connectivity index (χ0n) is 9.18. The van der Waals surface area contributed by atoms with E-state index in [2.05, 4.69) is 0 Å². The first-order valence-electron chi connectivity index (χ1n) is 4.35. The third-order valence-electron chi connectivity index (χ3n) is 2.04. The van der Waals surface area contributed by atoms with Crippen LogP contribution < -0.4 is 9.47 Å². The molecule has 0 heterocycles. The van der Waals surface area contributed by atoms with Crippen LogP contribution in [0.3, 0.4) is 0 Å². The molecule has 0 aliphatic heterocycles. The zero-order chi connectivity index (χ0) is 12.3. The molecule has 5 nitrogen and oxygen atoms in total. The standard InChI is InChI=1S/C10H12O5S/c1-14-8-5-10(16(3,12)13)9(15-2)4-7(8)6-11/h4-6H,1-3H3. The minimum atomic E-state index is -3.42. The third-order valence-corrected chi connectivity index (χ3v) is 3.16. The Hall–Kier alpha value is -1.56. The Morgan fingerprint density at radius 2 is 1.69 bits per heavy atom. The molecule has 0 amide bonds. The van der Waals surface area contributed by atoms with E-state index in [-0.39, 0.29) is 22.0 Å². The van der Waals surface area contributed by atoms with Crippen LogP contribution >= 0.6 is 0 Å². The zero-order valence-corrected chi connectivity index (χ0v) is 10.00. The fourth-order valence-electron chi connectivity index (χ4n) is 1.28. The Labute approximate surface area is 93.9 Å². The Bertz CT molecular complexity index is 504. The second-order valence-electron chi connectivity index (χ2n) is 3.14. The second-order valence-corrected chi connectivity index (χ2v) is 5.12. The van der Waals surface area contributed by atoms with Crippen molar-refractivity contribution in [1.82, 2.24) is 0 Å². The van der Waals surface area contributed by atoms with Crippen molar-refractivity contribution in [2.75, 3.05) is 20.5 Å². The lowest BCUT2D eigenvalue weighted by molar-refractivity contribution is 0.112. The van der Waals surface area contributed by atoms with Gasteiger partial charge in [0.25, 0.3) is 0 Å². The minimum Gasteiger partial charge on any atom is -0.496 e. The summed E-state index contributed by atoms with van der Waals surface area (Å²) in [5.74, 6) is 0.335. The Morgan fingerprint density at radius 1 is 1.12 bits per heavy atom. The number of hydrogen-bond donors (Lipinski definition) is 0. The Balaban J connectivity index is 3.56. The monoisotopic (exact) mass is 244 g/mol. The number of aldehydes is 1. The smallest absolute Gasteiger partial charge is 0.179 e. The first-order valence-corrected chi connectivity index (χ1v) is 6.24. The van der Waals surface area contributed by atoms with Crippen molar-refractivity contribution in [3.63, 3.8) is 0 Å². The molecule has 0 saturated carbocycles. The van der Waals surface area contributed by atoms with Crippen molar-refractivity contribution < 1.29 is 22.7 Å². The van der Waals surface area contributed by atoms with Crippen molar-refractivity contribution in [2.24, 2.45) is 0 Å². The molecule has 6 heteroatoms. The van der Waals surface area contributed by atoms with Gasteiger partial charge in [0, 0.05) is 12.3 Å².